The molecule has 3 saturated heterocycles. The zero-order valence-corrected chi connectivity index (χ0v) is 22.3. The molecule has 3 fully saturated rings. The van der Waals surface area contributed by atoms with Gasteiger partial charge in [-0.15, -0.1) is 0 Å². The predicted molar refractivity (Wildman–Crippen MR) is 133 cm³/mol. The van der Waals surface area contributed by atoms with Gasteiger partial charge < -0.3 is 18.9 Å². The SMILES string of the molecule is CCC1(C)CC2(OCC(C)(C)CO2)C(C)C(C)(CC)N1OCCc1ccc(OCC2CO2)cc1. The fraction of sp³-hybridized carbons (Fsp3) is 0.786. The van der Waals surface area contributed by atoms with Crippen molar-refractivity contribution < 1.29 is 23.8 Å². The Morgan fingerprint density at radius 1 is 1.00 bits per heavy atom. The van der Waals surface area contributed by atoms with Crippen molar-refractivity contribution in [3.8, 4) is 5.75 Å². The van der Waals surface area contributed by atoms with E-state index in [1.54, 1.807) is 0 Å². The lowest BCUT2D eigenvalue weighted by Crippen LogP contribution is -2.73. The van der Waals surface area contributed by atoms with Gasteiger partial charge in [0.2, 0.25) is 0 Å². The van der Waals surface area contributed by atoms with Gasteiger partial charge in [-0.25, -0.2) is 0 Å². The first-order valence-corrected chi connectivity index (χ1v) is 13.1. The third-order valence-electron chi connectivity index (χ3n) is 8.44. The van der Waals surface area contributed by atoms with Gasteiger partial charge >= 0.3 is 0 Å². The van der Waals surface area contributed by atoms with E-state index in [1.165, 1.54) is 5.56 Å². The van der Waals surface area contributed by atoms with Crippen LogP contribution >= 0.6 is 0 Å². The highest BCUT2D eigenvalue weighted by molar-refractivity contribution is 5.27. The molecule has 0 aliphatic carbocycles. The summed E-state index contributed by atoms with van der Waals surface area (Å²) in [6.07, 6.45) is 3.85. The number of nitrogens with zero attached hydrogens (tertiary/aromatic N) is 1. The molecule has 192 valence electrons. The molecular weight excluding hydrogens is 430 g/mol. The van der Waals surface area contributed by atoms with Crippen LogP contribution in [0, 0.1) is 11.3 Å². The van der Waals surface area contributed by atoms with Crippen LogP contribution in [0.3, 0.4) is 0 Å². The number of epoxide rings is 1. The van der Waals surface area contributed by atoms with Crippen LogP contribution in [-0.2, 0) is 25.5 Å². The van der Waals surface area contributed by atoms with E-state index in [2.05, 4.69) is 65.7 Å². The van der Waals surface area contributed by atoms with Gasteiger partial charge in [0.1, 0.15) is 18.5 Å². The van der Waals surface area contributed by atoms with Crippen molar-refractivity contribution >= 4 is 0 Å². The van der Waals surface area contributed by atoms with E-state index in [1.807, 2.05) is 12.1 Å². The first-order chi connectivity index (χ1) is 16.1. The lowest BCUT2D eigenvalue weighted by atomic mass is 9.67. The highest BCUT2D eigenvalue weighted by atomic mass is 16.7. The van der Waals surface area contributed by atoms with Gasteiger partial charge in [-0.3, -0.25) is 4.84 Å². The van der Waals surface area contributed by atoms with Gasteiger partial charge in [0, 0.05) is 23.3 Å². The second-order valence-corrected chi connectivity index (χ2v) is 11.8. The molecule has 0 N–H and O–H groups in total. The van der Waals surface area contributed by atoms with Crippen molar-refractivity contribution in [3.63, 3.8) is 0 Å². The number of piperidine rings is 1. The summed E-state index contributed by atoms with van der Waals surface area (Å²) in [5, 5.41) is 2.30. The lowest BCUT2D eigenvalue weighted by molar-refractivity contribution is -0.408. The maximum atomic E-state index is 6.64. The first-order valence-electron chi connectivity index (χ1n) is 13.1. The molecule has 1 spiro atoms. The molecule has 4 unspecified atom stereocenters. The maximum Gasteiger partial charge on any atom is 0.174 e. The average molecular weight is 476 g/mol. The van der Waals surface area contributed by atoms with Crippen LogP contribution < -0.4 is 4.74 Å². The second-order valence-electron chi connectivity index (χ2n) is 11.8. The molecule has 34 heavy (non-hydrogen) atoms. The van der Waals surface area contributed by atoms with Crippen LogP contribution in [0.1, 0.15) is 73.3 Å². The molecular formula is C28H45NO5. The minimum atomic E-state index is -0.563. The number of ether oxygens (including phenoxy) is 4. The summed E-state index contributed by atoms with van der Waals surface area (Å²) in [6.45, 7) is 19.3. The van der Waals surface area contributed by atoms with Crippen molar-refractivity contribution in [1.29, 1.82) is 0 Å². The van der Waals surface area contributed by atoms with Crippen molar-refractivity contribution in [2.75, 3.05) is 33.0 Å². The van der Waals surface area contributed by atoms with E-state index in [9.17, 15) is 0 Å². The van der Waals surface area contributed by atoms with Crippen molar-refractivity contribution in [2.45, 2.75) is 97.1 Å². The highest BCUT2D eigenvalue weighted by Gasteiger charge is 2.63. The number of hydrogen-bond acceptors (Lipinski definition) is 6. The summed E-state index contributed by atoms with van der Waals surface area (Å²) in [7, 11) is 0. The second kappa shape index (κ2) is 9.70. The molecule has 0 aromatic heterocycles. The normalized spacial score (nSPS) is 34.8. The third-order valence-corrected chi connectivity index (χ3v) is 8.44. The lowest BCUT2D eigenvalue weighted by Gasteiger charge is -2.64. The van der Waals surface area contributed by atoms with E-state index in [0.29, 0.717) is 13.2 Å². The Morgan fingerprint density at radius 3 is 2.21 bits per heavy atom. The largest absolute Gasteiger partial charge is 0.491 e. The van der Waals surface area contributed by atoms with Crippen LogP contribution in [-0.4, -0.2) is 61.1 Å². The highest BCUT2D eigenvalue weighted by Crippen LogP contribution is 2.54. The predicted octanol–water partition coefficient (Wildman–Crippen LogP) is 5.39. The fourth-order valence-corrected chi connectivity index (χ4v) is 5.47. The summed E-state index contributed by atoms with van der Waals surface area (Å²) < 4.78 is 24.1. The van der Waals surface area contributed by atoms with Crippen molar-refractivity contribution in [1.82, 2.24) is 5.06 Å². The van der Waals surface area contributed by atoms with E-state index in [4.69, 9.17) is 23.8 Å². The van der Waals surface area contributed by atoms with Gasteiger partial charge in [-0.1, -0.05) is 46.8 Å². The molecule has 0 saturated carbocycles. The van der Waals surface area contributed by atoms with Crippen LogP contribution in [0.25, 0.3) is 0 Å². The van der Waals surface area contributed by atoms with Crippen LogP contribution in [0.5, 0.6) is 5.75 Å². The quantitative estimate of drug-likeness (QED) is 0.447. The van der Waals surface area contributed by atoms with Gasteiger partial charge in [0.25, 0.3) is 0 Å². The monoisotopic (exact) mass is 475 g/mol. The molecule has 3 aliphatic rings. The summed E-state index contributed by atoms with van der Waals surface area (Å²) in [4.78, 5) is 6.64. The van der Waals surface area contributed by atoms with Gasteiger partial charge in [0.15, 0.2) is 5.79 Å². The fourth-order valence-electron chi connectivity index (χ4n) is 5.47. The van der Waals surface area contributed by atoms with Crippen molar-refractivity contribution in [2.24, 2.45) is 11.3 Å². The molecule has 6 heteroatoms. The van der Waals surface area contributed by atoms with E-state index in [0.717, 1.165) is 51.3 Å². The Bertz CT molecular complexity index is 813. The van der Waals surface area contributed by atoms with Crippen LogP contribution in [0.15, 0.2) is 24.3 Å². The molecule has 3 heterocycles. The minimum Gasteiger partial charge on any atom is -0.491 e. The number of benzene rings is 1. The molecule has 3 aliphatic heterocycles. The zero-order chi connectivity index (χ0) is 24.6. The summed E-state index contributed by atoms with van der Waals surface area (Å²) in [5.41, 5.74) is 0.916. The summed E-state index contributed by atoms with van der Waals surface area (Å²) >= 11 is 0. The molecule has 4 atom stereocenters. The standard InChI is InChI=1S/C28H45NO5/c1-8-26(6)18-28(32-19-25(4,5)20-33-28)21(3)27(7,9-2)29(26)34-15-14-22-10-12-23(13-11-22)30-16-24-17-31-24/h10-13,21,24H,8-9,14-20H2,1-7H3. The summed E-state index contributed by atoms with van der Waals surface area (Å²) in [6, 6.07) is 8.33. The Kier molecular flexibility index (Phi) is 7.39. The molecule has 0 radical (unpaired) electrons. The van der Waals surface area contributed by atoms with Crippen LogP contribution in [0.2, 0.25) is 0 Å². The Morgan fingerprint density at radius 2 is 1.65 bits per heavy atom. The van der Waals surface area contributed by atoms with Crippen molar-refractivity contribution in [3.05, 3.63) is 29.8 Å². The first kappa shape index (κ1) is 25.9. The Labute approximate surface area is 206 Å². The van der Waals surface area contributed by atoms with E-state index < -0.39 is 5.79 Å². The topological polar surface area (TPSA) is 52.7 Å². The molecule has 6 nitrogen and oxygen atoms in total. The zero-order valence-electron chi connectivity index (χ0n) is 22.3. The Balaban J connectivity index is 1.42. The van der Waals surface area contributed by atoms with Gasteiger partial charge in [0.05, 0.1) is 32.0 Å². The number of hydroxylamine groups is 2. The maximum absolute atomic E-state index is 6.64. The van der Waals surface area contributed by atoms with E-state index >= 15 is 0 Å². The molecule has 0 bridgehead atoms. The number of hydrogen-bond donors (Lipinski definition) is 0. The molecule has 1 aromatic carbocycles. The minimum absolute atomic E-state index is 0.0517. The third kappa shape index (κ3) is 5.17. The average Bonchev–Trinajstić information content (AvgIpc) is 3.66. The number of rotatable bonds is 9. The summed E-state index contributed by atoms with van der Waals surface area (Å²) in [5.74, 6) is 0.502. The van der Waals surface area contributed by atoms with Gasteiger partial charge in [-0.2, -0.15) is 5.06 Å². The van der Waals surface area contributed by atoms with Crippen LogP contribution in [0.4, 0.5) is 0 Å². The molecule has 1 aromatic rings. The smallest absolute Gasteiger partial charge is 0.174 e. The van der Waals surface area contributed by atoms with E-state index in [-0.39, 0.29) is 28.5 Å². The van der Waals surface area contributed by atoms with Gasteiger partial charge in [-0.05, 0) is 50.8 Å². The molecule has 0 amide bonds. The Hall–Kier alpha value is -1.18. The molecule has 4 rings (SSSR count).